The molecule has 0 radical (unpaired) electrons. The van der Waals surface area contributed by atoms with Crippen LogP contribution < -0.4 is 9.62 Å². The molecule has 0 unspecified atom stereocenters. The molecular weight excluding hydrogens is 372 g/mol. The first kappa shape index (κ1) is 20.4. The lowest BCUT2D eigenvalue weighted by molar-refractivity contribution is -0.116. The number of anilines is 1. The number of hydrogen-bond donors (Lipinski definition) is 1. The Labute approximate surface area is 160 Å². The monoisotopic (exact) mass is 394 g/mol. The van der Waals surface area contributed by atoms with Crippen LogP contribution in [-0.2, 0) is 14.8 Å². The van der Waals surface area contributed by atoms with Gasteiger partial charge in [0.1, 0.15) is 0 Å². The molecule has 0 atom stereocenters. The van der Waals surface area contributed by atoms with Gasteiger partial charge < -0.3 is 4.90 Å². The van der Waals surface area contributed by atoms with Gasteiger partial charge in [0.25, 0.3) is 0 Å². The number of aryl methyl sites for hydroxylation is 3. The molecule has 0 spiro atoms. The van der Waals surface area contributed by atoms with Crippen LogP contribution in [0.15, 0.2) is 41.3 Å². The van der Waals surface area contributed by atoms with Gasteiger partial charge in [-0.05, 0) is 55.7 Å². The van der Waals surface area contributed by atoms with Gasteiger partial charge in [-0.1, -0.05) is 29.8 Å². The van der Waals surface area contributed by atoms with Crippen molar-refractivity contribution in [2.75, 3.05) is 18.0 Å². The van der Waals surface area contributed by atoms with Crippen molar-refractivity contribution in [3.63, 3.8) is 0 Å². The molecule has 0 saturated carbocycles. The van der Waals surface area contributed by atoms with Crippen LogP contribution in [0.4, 0.5) is 5.69 Å². The Morgan fingerprint density at radius 3 is 2.23 bits per heavy atom. The highest BCUT2D eigenvalue weighted by molar-refractivity contribution is 7.89. The molecule has 7 heteroatoms. The van der Waals surface area contributed by atoms with Crippen molar-refractivity contribution in [2.24, 2.45) is 0 Å². The van der Waals surface area contributed by atoms with E-state index in [4.69, 9.17) is 11.6 Å². The maximum atomic E-state index is 12.5. The fourth-order valence-corrected chi connectivity index (χ4v) is 4.04. The van der Waals surface area contributed by atoms with Crippen LogP contribution >= 0.6 is 11.6 Å². The van der Waals surface area contributed by atoms with Gasteiger partial charge in [0.05, 0.1) is 4.90 Å². The molecule has 1 amide bonds. The number of amides is 1. The summed E-state index contributed by atoms with van der Waals surface area (Å²) >= 11 is 5.95. The summed E-state index contributed by atoms with van der Waals surface area (Å²) in [6, 6.07) is 10.3. The van der Waals surface area contributed by atoms with Gasteiger partial charge in [-0.3, -0.25) is 4.79 Å². The maximum absolute atomic E-state index is 12.5. The predicted octanol–water partition coefficient (Wildman–Crippen LogP) is 3.60. The number of para-hydroxylation sites is 1. The van der Waals surface area contributed by atoms with Gasteiger partial charge in [0.2, 0.25) is 15.9 Å². The minimum Gasteiger partial charge on any atom is -0.311 e. The topological polar surface area (TPSA) is 66.5 Å². The van der Waals surface area contributed by atoms with Crippen molar-refractivity contribution in [3.05, 3.63) is 58.1 Å². The average Bonchev–Trinajstić information content (AvgIpc) is 2.55. The number of carbonyl (C=O) groups is 1. The highest BCUT2D eigenvalue weighted by Gasteiger charge is 2.19. The van der Waals surface area contributed by atoms with E-state index in [1.807, 2.05) is 32.0 Å². The number of nitrogens with zero attached hydrogens (tertiary/aromatic N) is 1. The number of rotatable bonds is 6. The Kier molecular flexibility index (Phi) is 6.44. The summed E-state index contributed by atoms with van der Waals surface area (Å²) in [6.07, 6.45) is 0. The zero-order chi connectivity index (χ0) is 19.5. The molecule has 0 saturated heterocycles. The second-order valence-corrected chi connectivity index (χ2v) is 8.39. The van der Waals surface area contributed by atoms with E-state index in [1.54, 1.807) is 17.9 Å². The van der Waals surface area contributed by atoms with Crippen molar-refractivity contribution >= 4 is 33.2 Å². The normalized spacial score (nSPS) is 11.4. The zero-order valence-corrected chi connectivity index (χ0v) is 16.9. The van der Waals surface area contributed by atoms with Crippen molar-refractivity contribution in [1.82, 2.24) is 4.72 Å². The second kappa shape index (κ2) is 8.20. The standard InChI is InChI=1S/C19H23ClN2O3S/c1-13-6-5-7-14(2)19(13)22(16(4)23)11-10-21-26(24,25)17-8-9-18(20)15(3)12-17/h5-9,12,21H,10-11H2,1-4H3. The summed E-state index contributed by atoms with van der Waals surface area (Å²) in [5.41, 5.74) is 3.45. The summed E-state index contributed by atoms with van der Waals surface area (Å²) in [6.45, 7) is 7.44. The summed E-state index contributed by atoms with van der Waals surface area (Å²) in [7, 11) is -3.67. The van der Waals surface area contributed by atoms with E-state index in [0.29, 0.717) is 10.6 Å². The number of nitrogens with one attached hydrogen (secondary N) is 1. The first-order valence-corrected chi connectivity index (χ1v) is 10.1. The fraction of sp³-hybridized carbons (Fsp3) is 0.316. The van der Waals surface area contributed by atoms with Gasteiger partial charge in [-0.15, -0.1) is 0 Å². The highest BCUT2D eigenvalue weighted by Crippen LogP contribution is 2.24. The van der Waals surface area contributed by atoms with Crippen LogP contribution in [0.5, 0.6) is 0 Å². The lowest BCUT2D eigenvalue weighted by atomic mass is 10.1. The smallest absolute Gasteiger partial charge is 0.240 e. The lowest BCUT2D eigenvalue weighted by Gasteiger charge is -2.25. The van der Waals surface area contributed by atoms with E-state index < -0.39 is 10.0 Å². The van der Waals surface area contributed by atoms with E-state index in [9.17, 15) is 13.2 Å². The molecule has 140 valence electrons. The first-order chi connectivity index (χ1) is 12.1. The third kappa shape index (κ3) is 4.63. The molecule has 2 aromatic rings. The van der Waals surface area contributed by atoms with Crippen LogP contribution in [0.2, 0.25) is 5.02 Å². The minimum absolute atomic E-state index is 0.108. The van der Waals surface area contributed by atoms with E-state index in [1.165, 1.54) is 19.1 Å². The Bertz CT molecular complexity index is 906. The molecule has 0 fully saturated rings. The first-order valence-electron chi connectivity index (χ1n) is 8.23. The molecule has 1 N–H and O–H groups in total. The number of halogens is 1. The quantitative estimate of drug-likeness (QED) is 0.814. The third-order valence-electron chi connectivity index (χ3n) is 4.16. The average molecular weight is 395 g/mol. The van der Waals surface area contributed by atoms with Gasteiger partial charge >= 0.3 is 0 Å². The molecule has 0 aliphatic heterocycles. The molecule has 26 heavy (non-hydrogen) atoms. The van der Waals surface area contributed by atoms with Crippen molar-refractivity contribution in [2.45, 2.75) is 32.6 Å². The number of sulfonamides is 1. The second-order valence-electron chi connectivity index (χ2n) is 6.22. The maximum Gasteiger partial charge on any atom is 0.240 e. The Balaban J connectivity index is 2.15. The predicted molar refractivity (Wildman–Crippen MR) is 105 cm³/mol. The van der Waals surface area contributed by atoms with E-state index >= 15 is 0 Å². The Hall–Kier alpha value is -1.89. The largest absolute Gasteiger partial charge is 0.311 e. The number of hydrogen-bond acceptors (Lipinski definition) is 3. The SMILES string of the molecule is CC(=O)N(CCNS(=O)(=O)c1ccc(Cl)c(C)c1)c1c(C)cccc1C. The van der Waals surface area contributed by atoms with Gasteiger partial charge in [-0.25, -0.2) is 13.1 Å². The Morgan fingerprint density at radius 2 is 1.69 bits per heavy atom. The highest BCUT2D eigenvalue weighted by atomic mass is 35.5. The third-order valence-corrected chi connectivity index (χ3v) is 6.04. The molecule has 0 bridgehead atoms. The molecule has 2 aromatic carbocycles. The van der Waals surface area contributed by atoms with E-state index in [0.717, 1.165) is 16.8 Å². The van der Waals surface area contributed by atoms with Gasteiger partial charge in [0, 0.05) is 30.7 Å². The molecule has 0 heterocycles. The van der Waals surface area contributed by atoms with Crippen molar-refractivity contribution < 1.29 is 13.2 Å². The van der Waals surface area contributed by atoms with Crippen molar-refractivity contribution in [3.8, 4) is 0 Å². The summed E-state index contributed by atoms with van der Waals surface area (Å²) in [5.74, 6) is -0.135. The minimum atomic E-state index is -3.67. The molecule has 0 aliphatic rings. The summed E-state index contributed by atoms with van der Waals surface area (Å²) in [4.78, 5) is 13.8. The van der Waals surface area contributed by atoms with E-state index in [-0.39, 0.29) is 23.9 Å². The summed E-state index contributed by atoms with van der Waals surface area (Å²) in [5, 5.41) is 0.515. The van der Waals surface area contributed by atoms with E-state index in [2.05, 4.69) is 4.72 Å². The number of carbonyl (C=O) groups excluding carboxylic acids is 1. The molecule has 2 rings (SSSR count). The van der Waals surface area contributed by atoms with Gasteiger partial charge in [0.15, 0.2) is 0 Å². The summed E-state index contributed by atoms with van der Waals surface area (Å²) < 4.78 is 27.5. The molecule has 0 aromatic heterocycles. The Morgan fingerprint density at radius 1 is 1.08 bits per heavy atom. The molecule has 0 aliphatic carbocycles. The van der Waals surface area contributed by atoms with Crippen LogP contribution in [0.25, 0.3) is 0 Å². The molecular formula is C19H23ClN2O3S. The fourth-order valence-electron chi connectivity index (χ4n) is 2.82. The molecule has 5 nitrogen and oxygen atoms in total. The lowest BCUT2D eigenvalue weighted by Crippen LogP contribution is -2.38. The van der Waals surface area contributed by atoms with Crippen molar-refractivity contribution in [1.29, 1.82) is 0 Å². The van der Waals surface area contributed by atoms with Gasteiger partial charge in [-0.2, -0.15) is 0 Å². The van der Waals surface area contributed by atoms with Crippen LogP contribution in [0.3, 0.4) is 0 Å². The van der Waals surface area contributed by atoms with Crippen LogP contribution in [0.1, 0.15) is 23.6 Å². The zero-order valence-electron chi connectivity index (χ0n) is 15.3. The van der Waals surface area contributed by atoms with Crippen LogP contribution in [-0.4, -0.2) is 27.4 Å². The number of benzene rings is 2. The van der Waals surface area contributed by atoms with Crippen LogP contribution in [0, 0.1) is 20.8 Å².